The maximum absolute atomic E-state index is 12.8. The summed E-state index contributed by atoms with van der Waals surface area (Å²) in [5, 5.41) is 10.9. The van der Waals surface area contributed by atoms with Gasteiger partial charge in [-0.2, -0.15) is 5.10 Å². The second kappa shape index (κ2) is 8.82. The van der Waals surface area contributed by atoms with E-state index in [0.29, 0.717) is 25.6 Å². The number of aryl methyl sites for hydroxylation is 3. The molecule has 5 rings (SSSR count). The molecular formula is C24H27N7O. The maximum Gasteiger partial charge on any atom is 0.240 e. The van der Waals surface area contributed by atoms with Crippen LogP contribution in [0.2, 0.25) is 0 Å². The molecule has 164 valence electrons. The number of anilines is 1. The van der Waals surface area contributed by atoms with Crippen LogP contribution in [0.5, 0.6) is 0 Å². The number of nitrogens with zero attached hydrogens (tertiary/aromatic N) is 5. The highest BCUT2D eigenvalue weighted by Gasteiger charge is 2.22. The van der Waals surface area contributed by atoms with Crippen LogP contribution in [0.3, 0.4) is 0 Å². The van der Waals surface area contributed by atoms with Crippen molar-refractivity contribution in [3.63, 3.8) is 0 Å². The van der Waals surface area contributed by atoms with Gasteiger partial charge < -0.3 is 15.2 Å². The van der Waals surface area contributed by atoms with Gasteiger partial charge in [-0.25, -0.2) is 4.98 Å². The number of rotatable bonds is 7. The van der Waals surface area contributed by atoms with Crippen molar-refractivity contribution < 1.29 is 4.79 Å². The zero-order valence-electron chi connectivity index (χ0n) is 18.2. The Morgan fingerprint density at radius 3 is 2.91 bits per heavy atom. The van der Waals surface area contributed by atoms with Crippen molar-refractivity contribution >= 4 is 22.6 Å². The lowest BCUT2D eigenvalue weighted by atomic mass is 9.98. The molecule has 0 saturated carbocycles. The maximum atomic E-state index is 12.8. The predicted octanol–water partition coefficient (Wildman–Crippen LogP) is 2.93. The number of nitrogens with one attached hydrogen (secondary N) is 2. The molecule has 2 N–H and O–H groups in total. The summed E-state index contributed by atoms with van der Waals surface area (Å²) in [7, 11) is 0. The Balaban J connectivity index is 1.43. The third-order valence-electron chi connectivity index (χ3n) is 6.00. The van der Waals surface area contributed by atoms with E-state index < -0.39 is 0 Å². The summed E-state index contributed by atoms with van der Waals surface area (Å²) in [6.45, 7) is 3.63. The van der Waals surface area contributed by atoms with Crippen molar-refractivity contribution in [2.45, 2.75) is 51.9 Å². The van der Waals surface area contributed by atoms with Crippen LogP contribution in [0.15, 0.2) is 55.1 Å². The summed E-state index contributed by atoms with van der Waals surface area (Å²) in [6.07, 6.45) is 9.96. The van der Waals surface area contributed by atoms with Crippen molar-refractivity contribution in [3.05, 3.63) is 72.1 Å². The Hall–Kier alpha value is -3.68. The summed E-state index contributed by atoms with van der Waals surface area (Å²) >= 11 is 0. The average molecular weight is 430 g/mol. The number of benzene rings is 1. The molecule has 0 saturated heterocycles. The quantitative estimate of drug-likeness (QED) is 0.472. The summed E-state index contributed by atoms with van der Waals surface area (Å²) < 4.78 is 3.95. The fourth-order valence-electron chi connectivity index (χ4n) is 4.30. The summed E-state index contributed by atoms with van der Waals surface area (Å²) in [4.78, 5) is 21.9. The zero-order valence-corrected chi connectivity index (χ0v) is 18.2. The van der Waals surface area contributed by atoms with Crippen LogP contribution < -0.4 is 10.6 Å². The molecule has 1 atom stereocenters. The molecule has 0 spiro atoms. The fourth-order valence-corrected chi connectivity index (χ4v) is 4.30. The first kappa shape index (κ1) is 20.2. The van der Waals surface area contributed by atoms with Gasteiger partial charge in [0.15, 0.2) is 0 Å². The lowest BCUT2D eigenvalue weighted by Crippen LogP contribution is -2.28. The van der Waals surface area contributed by atoms with Crippen molar-refractivity contribution in [2.75, 3.05) is 5.32 Å². The first-order chi connectivity index (χ1) is 15.7. The van der Waals surface area contributed by atoms with Gasteiger partial charge in [-0.3, -0.25) is 14.5 Å². The van der Waals surface area contributed by atoms with Gasteiger partial charge in [-0.15, -0.1) is 0 Å². The molecule has 1 aromatic carbocycles. The molecule has 32 heavy (non-hydrogen) atoms. The number of amides is 1. The SMILES string of the molecule is C[C@H]1CCc2c(ccc3c2nc(CCn2cccn2)n3CC(=O)NCc2ccncc2)N1. The van der Waals surface area contributed by atoms with Gasteiger partial charge in [-0.05, 0) is 55.7 Å². The largest absolute Gasteiger partial charge is 0.382 e. The van der Waals surface area contributed by atoms with E-state index in [9.17, 15) is 4.79 Å². The van der Waals surface area contributed by atoms with Gasteiger partial charge in [0.1, 0.15) is 12.4 Å². The van der Waals surface area contributed by atoms with Crippen LogP contribution in [-0.2, 0) is 37.3 Å². The standard InChI is InChI=1S/C24H27N7O/c1-17-3-4-19-20(28-17)5-6-21-24(19)29-22(9-14-30-13-2-10-27-30)31(21)16-23(32)26-15-18-7-11-25-12-8-18/h2,5-8,10-13,17,28H,3-4,9,14-16H2,1H3,(H,26,32)/t17-/m0/s1. The van der Waals surface area contributed by atoms with E-state index in [4.69, 9.17) is 4.98 Å². The van der Waals surface area contributed by atoms with Crippen molar-refractivity contribution in [3.8, 4) is 0 Å². The molecule has 0 unspecified atom stereocenters. The van der Waals surface area contributed by atoms with Gasteiger partial charge in [0.2, 0.25) is 5.91 Å². The van der Waals surface area contributed by atoms with E-state index in [1.54, 1.807) is 18.6 Å². The molecule has 0 aliphatic carbocycles. The van der Waals surface area contributed by atoms with Crippen molar-refractivity contribution in [2.24, 2.45) is 0 Å². The third-order valence-corrected chi connectivity index (χ3v) is 6.00. The second-order valence-corrected chi connectivity index (χ2v) is 8.31. The van der Waals surface area contributed by atoms with E-state index in [1.807, 2.05) is 29.1 Å². The van der Waals surface area contributed by atoms with Crippen molar-refractivity contribution in [1.29, 1.82) is 0 Å². The Kier molecular flexibility index (Phi) is 5.58. The van der Waals surface area contributed by atoms with Gasteiger partial charge in [0.25, 0.3) is 0 Å². The lowest BCUT2D eigenvalue weighted by molar-refractivity contribution is -0.121. The number of carbonyl (C=O) groups is 1. The number of aromatic nitrogens is 5. The first-order valence-electron chi connectivity index (χ1n) is 11.1. The van der Waals surface area contributed by atoms with E-state index in [1.165, 1.54) is 5.56 Å². The monoisotopic (exact) mass is 429 g/mol. The Morgan fingerprint density at radius 1 is 1.22 bits per heavy atom. The third kappa shape index (κ3) is 4.21. The fraction of sp³-hybridized carbons (Fsp3) is 0.333. The van der Waals surface area contributed by atoms with Gasteiger partial charge in [-0.1, -0.05) is 0 Å². The Bertz CT molecular complexity index is 1210. The van der Waals surface area contributed by atoms with E-state index >= 15 is 0 Å². The van der Waals surface area contributed by atoms with E-state index in [0.717, 1.165) is 41.0 Å². The molecule has 1 amide bonds. The zero-order chi connectivity index (χ0) is 21.9. The van der Waals surface area contributed by atoms with Crippen LogP contribution in [0, 0.1) is 0 Å². The molecular weight excluding hydrogens is 402 g/mol. The van der Waals surface area contributed by atoms with Gasteiger partial charge >= 0.3 is 0 Å². The Morgan fingerprint density at radius 2 is 2.09 bits per heavy atom. The molecule has 0 fully saturated rings. The van der Waals surface area contributed by atoms with Crippen LogP contribution in [0.25, 0.3) is 11.0 Å². The molecule has 0 bridgehead atoms. The highest BCUT2D eigenvalue weighted by molar-refractivity contribution is 5.87. The molecule has 8 nitrogen and oxygen atoms in total. The van der Waals surface area contributed by atoms with E-state index in [2.05, 4.69) is 44.3 Å². The highest BCUT2D eigenvalue weighted by Crippen LogP contribution is 2.32. The lowest BCUT2D eigenvalue weighted by Gasteiger charge is -2.24. The van der Waals surface area contributed by atoms with Gasteiger partial charge in [0.05, 0.1) is 11.0 Å². The molecule has 3 aromatic heterocycles. The number of hydrogen-bond donors (Lipinski definition) is 2. The van der Waals surface area contributed by atoms with Crippen LogP contribution in [-0.4, -0.2) is 36.3 Å². The topological polar surface area (TPSA) is 89.7 Å². The summed E-state index contributed by atoms with van der Waals surface area (Å²) in [6, 6.07) is 10.4. The smallest absolute Gasteiger partial charge is 0.240 e. The van der Waals surface area contributed by atoms with Crippen molar-refractivity contribution in [1.82, 2.24) is 29.6 Å². The summed E-state index contributed by atoms with van der Waals surface area (Å²) in [5.41, 5.74) is 5.43. The summed E-state index contributed by atoms with van der Waals surface area (Å²) in [5.74, 6) is 0.868. The molecule has 4 heterocycles. The van der Waals surface area contributed by atoms with Crippen LogP contribution in [0.4, 0.5) is 5.69 Å². The average Bonchev–Trinajstić information content (AvgIpc) is 3.45. The molecule has 0 radical (unpaired) electrons. The number of hydrogen-bond acceptors (Lipinski definition) is 5. The Labute approximate surface area is 186 Å². The number of carbonyl (C=O) groups excluding carboxylic acids is 1. The van der Waals surface area contributed by atoms with Crippen LogP contribution >= 0.6 is 0 Å². The number of fused-ring (bicyclic) bond motifs is 3. The first-order valence-corrected chi connectivity index (χ1v) is 11.1. The minimum Gasteiger partial charge on any atom is -0.382 e. The molecule has 1 aliphatic rings. The van der Waals surface area contributed by atoms with Crippen LogP contribution in [0.1, 0.15) is 30.3 Å². The van der Waals surface area contributed by atoms with Gasteiger partial charge in [0, 0.05) is 61.6 Å². The minimum absolute atomic E-state index is 0.0362. The number of pyridine rings is 1. The molecule has 8 heteroatoms. The number of imidazole rings is 1. The molecule has 1 aliphatic heterocycles. The van der Waals surface area contributed by atoms with E-state index in [-0.39, 0.29) is 12.5 Å². The highest BCUT2D eigenvalue weighted by atomic mass is 16.1. The minimum atomic E-state index is -0.0362. The normalized spacial score (nSPS) is 15.3. The second-order valence-electron chi connectivity index (χ2n) is 8.31. The molecule has 4 aromatic rings. The predicted molar refractivity (Wildman–Crippen MR) is 123 cm³/mol.